The maximum Gasteiger partial charge on any atom is 0.332 e. The minimum atomic E-state index is -0.621. The Morgan fingerprint density at radius 2 is 2.25 bits per heavy atom. The molecule has 4 heteroatoms. The summed E-state index contributed by atoms with van der Waals surface area (Å²) in [5, 5.41) is 3.71. The Kier molecular flexibility index (Phi) is 5.08. The zero-order valence-corrected chi connectivity index (χ0v) is 7.87. The van der Waals surface area contributed by atoms with E-state index in [-0.39, 0.29) is 0 Å². The van der Waals surface area contributed by atoms with Crippen molar-refractivity contribution in [2.24, 2.45) is 22.7 Å². The van der Waals surface area contributed by atoms with Crippen LogP contribution in [0.1, 0.15) is 27.2 Å². The molecule has 0 aliphatic heterocycles. The van der Waals surface area contributed by atoms with Crippen LogP contribution < -0.4 is 11.2 Å². The van der Waals surface area contributed by atoms with Gasteiger partial charge in [0.2, 0.25) is 0 Å². The summed E-state index contributed by atoms with van der Waals surface area (Å²) >= 11 is 0. The molecule has 0 saturated heterocycles. The number of nitrogens with one attached hydrogen (secondary N) is 1. The van der Waals surface area contributed by atoms with Gasteiger partial charge in [-0.3, -0.25) is 0 Å². The SMILES string of the molecule is CC[C@@H](/C=N/NC(N)=O)C(C)C. The van der Waals surface area contributed by atoms with Crippen molar-refractivity contribution >= 4 is 12.2 Å². The van der Waals surface area contributed by atoms with E-state index in [1.807, 2.05) is 0 Å². The van der Waals surface area contributed by atoms with Crippen LogP contribution in [0.2, 0.25) is 0 Å². The largest absolute Gasteiger partial charge is 0.350 e. The number of hydrogen-bond acceptors (Lipinski definition) is 2. The lowest BCUT2D eigenvalue weighted by Gasteiger charge is -2.12. The van der Waals surface area contributed by atoms with Crippen LogP contribution in [0, 0.1) is 11.8 Å². The number of carbonyl (C=O) groups is 1. The first-order valence-electron chi connectivity index (χ1n) is 4.16. The van der Waals surface area contributed by atoms with E-state index in [2.05, 4.69) is 31.3 Å². The zero-order chi connectivity index (χ0) is 9.56. The molecule has 0 aromatic carbocycles. The Labute approximate surface area is 73.2 Å². The molecule has 4 nitrogen and oxygen atoms in total. The highest BCUT2D eigenvalue weighted by molar-refractivity contribution is 5.73. The highest BCUT2D eigenvalue weighted by Gasteiger charge is 2.07. The molecule has 0 fully saturated rings. The molecule has 3 N–H and O–H groups in total. The molecule has 0 aliphatic carbocycles. The van der Waals surface area contributed by atoms with Crippen molar-refractivity contribution in [3.8, 4) is 0 Å². The summed E-state index contributed by atoms with van der Waals surface area (Å²) in [6, 6.07) is -0.621. The van der Waals surface area contributed by atoms with Crippen molar-refractivity contribution in [1.82, 2.24) is 5.43 Å². The second-order valence-electron chi connectivity index (χ2n) is 3.07. The third-order valence-corrected chi connectivity index (χ3v) is 1.77. The van der Waals surface area contributed by atoms with Crippen molar-refractivity contribution in [1.29, 1.82) is 0 Å². The molecule has 0 spiro atoms. The van der Waals surface area contributed by atoms with Gasteiger partial charge in [0.15, 0.2) is 0 Å². The van der Waals surface area contributed by atoms with E-state index in [0.29, 0.717) is 11.8 Å². The lowest BCUT2D eigenvalue weighted by atomic mass is 9.95. The summed E-state index contributed by atoms with van der Waals surface area (Å²) in [5.41, 5.74) is 7.01. The normalized spacial score (nSPS) is 13.7. The highest BCUT2D eigenvalue weighted by Crippen LogP contribution is 2.11. The Balaban J connectivity index is 3.84. The molecule has 0 bridgehead atoms. The van der Waals surface area contributed by atoms with Gasteiger partial charge in [0.25, 0.3) is 0 Å². The van der Waals surface area contributed by atoms with Crippen LogP contribution in [0.4, 0.5) is 4.79 Å². The summed E-state index contributed by atoms with van der Waals surface area (Å²) in [5.74, 6) is 0.935. The lowest BCUT2D eigenvalue weighted by molar-refractivity contribution is 0.249. The maximum atomic E-state index is 10.2. The molecule has 0 rings (SSSR count). The van der Waals surface area contributed by atoms with Crippen molar-refractivity contribution in [3.63, 3.8) is 0 Å². The molecule has 1 atom stereocenters. The van der Waals surface area contributed by atoms with E-state index in [4.69, 9.17) is 5.73 Å². The topological polar surface area (TPSA) is 67.5 Å². The first-order chi connectivity index (χ1) is 5.57. The number of nitrogens with zero attached hydrogens (tertiary/aromatic N) is 1. The minimum Gasteiger partial charge on any atom is -0.350 e. The number of hydrazone groups is 1. The summed E-state index contributed by atoms with van der Waals surface area (Å²) in [6.07, 6.45) is 2.75. The van der Waals surface area contributed by atoms with Gasteiger partial charge in [0, 0.05) is 6.21 Å². The fraction of sp³-hybridized carbons (Fsp3) is 0.750. The number of nitrogens with two attached hydrogens (primary N) is 1. The fourth-order valence-electron chi connectivity index (χ4n) is 0.946. The van der Waals surface area contributed by atoms with Gasteiger partial charge in [-0.15, -0.1) is 0 Å². The van der Waals surface area contributed by atoms with Crippen molar-refractivity contribution in [3.05, 3.63) is 0 Å². The molecule has 0 aromatic heterocycles. The standard InChI is InChI=1S/C8H17N3O/c1-4-7(6(2)3)5-10-11-8(9)12/h5-7H,4H2,1-3H3,(H3,9,11,12)/b10-5+/t7-/m0/s1. The first kappa shape index (κ1) is 10.9. The van der Waals surface area contributed by atoms with E-state index in [9.17, 15) is 4.79 Å². The van der Waals surface area contributed by atoms with Gasteiger partial charge in [0.1, 0.15) is 0 Å². The van der Waals surface area contributed by atoms with Crippen LogP contribution in [-0.4, -0.2) is 12.2 Å². The van der Waals surface area contributed by atoms with E-state index in [1.54, 1.807) is 6.21 Å². The van der Waals surface area contributed by atoms with Crippen LogP contribution in [-0.2, 0) is 0 Å². The number of amides is 2. The minimum absolute atomic E-state index is 0.400. The second-order valence-corrected chi connectivity index (χ2v) is 3.07. The average Bonchev–Trinajstić information content (AvgIpc) is 1.96. The molecular formula is C8H17N3O. The fourth-order valence-corrected chi connectivity index (χ4v) is 0.946. The van der Waals surface area contributed by atoms with Gasteiger partial charge in [0.05, 0.1) is 0 Å². The van der Waals surface area contributed by atoms with Crippen molar-refractivity contribution in [2.75, 3.05) is 0 Å². The molecule has 0 heterocycles. The van der Waals surface area contributed by atoms with Crippen LogP contribution in [0.15, 0.2) is 5.10 Å². The zero-order valence-electron chi connectivity index (χ0n) is 7.87. The van der Waals surface area contributed by atoms with Gasteiger partial charge in [-0.25, -0.2) is 10.2 Å². The van der Waals surface area contributed by atoms with Gasteiger partial charge in [-0.05, 0) is 18.3 Å². The first-order valence-corrected chi connectivity index (χ1v) is 4.16. The van der Waals surface area contributed by atoms with E-state index >= 15 is 0 Å². The molecular weight excluding hydrogens is 154 g/mol. The van der Waals surface area contributed by atoms with Crippen molar-refractivity contribution in [2.45, 2.75) is 27.2 Å². The third-order valence-electron chi connectivity index (χ3n) is 1.77. The summed E-state index contributed by atoms with van der Waals surface area (Å²) in [7, 11) is 0. The Hall–Kier alpha value is -1.06. The smallest absolute Gasteiger partial charge is 0.332 e. The number of hydrogen-bond donors (Lipinski definition) is 2. The Bertz CT molecular complexity index is 166. The number of carbonyl (C=O) groups excluding carboxylic acids is 1. The van der Waals surface area contributed by atoms with Crippen LogP contribution in [0.25, 0.3) is 0 Å². The van der Waals surface area contributed by atoms with E-state index < -0.39 is 6.03 Å². The van der Waals surface area contributed by atoms with Gasteiger partial charge in [-0.1, -0.05) is 20.8 Å². The van der Waals surface area contributed by atoms with Gasteiger partial charge >= 0.3 is 6.03 Å². The molecule has 70 valence electrons. The number of primary amides is 1. The van der Waals surface area contributed by atoms with Crippen LogP contribution in [0.5, 0.6) is 0 Å². The lowest BCUT2D eigenvalue weighted by Crippen LogP contribution is -2.25. The van der Waals surface area contributed by atoms with E-state index in [0.717, 1.165) is 6.42 Å². The van der Waals surface area contributed by atoms with Gasteiger partial charge in [-0.2, -0.15) is 5.10 Å². The Morgan fingerprint density at radius 1 is 1.67 bits per heavy atom. The molecule has 0 aliphatic rings. The predicted molar refractivity (Wildman–Crippen MR) is 49.8 cm³/mol. The number of rotatable bonds is 4. The summed E-state index contributed by atoms with van der Waals surface area (Å²) in [6.45, 7) is 6.32. The van der Waals surface area contributed by atoms with E-state index in [1.165, 1.54) is 0 Å². The molecule has 0 aromatic rings. The quantitative estimate of drug-likeness (QED) is 0.486. The monoisotopic (exact) mass is 171 g/mol. The third kappa shape index (κ3) is 4.71. The highest BCUT2D eigenvalue weighted by atomic mass is 16.2. The predicted octanol–water partition coefficient (Wildman–Crippen LogP) is 1.32. The summed E-state index contributed by atoms with van der Waals surface area (Å²) < 4.78 is 0. The molecule has 0 unspecified atom stereocenters. The van der Waals surface area contributed by atoms with Gasteiger partial charge < -0.3 is 5.73 Å². The van der Waals surface area contributed by atoms with Crippen LogP contribution >= 0.6 is 0 Å². The summed E-state index contributed by atoms with van der Waals surface area (Å²) in [4.78, 5) is 10.2. The van der Waals surface area contributed by atoms with Crippen LogP contribution in [0.3, 0.4) is 0 Å². The Morgan fingerprint density at radius 3 is 2.58 bits per heavy atom. The average molecular weight is 171 g/mol. The molecule has 12 heavy (non-hydrogen) atoms. The second kappa shape index (κ2) is 5.57. The maximum absolute atomic E-state index is 10.2. The molecule has 2 amide bonds. The molecule has 0 radical (unpaired) electrons. The number of urea groups is 1. The van der Waals surface area contributed by atoms with Crippen molar-refractivity contribution < 1.29 is 4.79 Å². The molecule has 0 saturated carbocycles.